The Morgan fingerprint density at radius 2 is 2.40 bits per heavy atom. The fourth-order valence-corrected chi connectivity index (χ4v) is 3.21. The van der Waals surface area contributed by atoms with Crippen molar-refractivity contribution in [3.8, 4) is 0 Å². The highest BCUT2D eigenvalue weighted by atomic mass is 32.1. The second-order valence-corrected chi connectivity index (χ2v) is 4.67. The average Bonchev–Trinajstić information content (AvgIpc) is 2.67. The first-order valence-corrected chi connectivity index (χ1v) is 5.85. The Bertz CT molecular complexity index is 505. The number of rotatable bonds is 1. The summed E-state index contributed by atoms with van der Waals surface area (Å²) in [5, 5.41) is 7.75. The van der Waals surface area contributed by atoms with Crippen LogP contribution >= 0.6 is 11.3 Å². The second-order valence-electron chi connectivity index (χ2n) is 3.58. The molecule has 4 nitrogen and oxygen atoms in total. The topological polar surface area (TPSA) is 49.8 Å². The third-order valence-electron chi connectivity index (χ3n) is 2.74. The van der Waals surface area contributed by atoms with Gasteiger partial charge in [0, 0.05) is 18.5 Å². The molecule has 0 radical (unpaired) electrons. The molecule has 0 unspecified atom stereocenters. The zero-order valence-corrected chi connectivity index (χ0v) is 9.32. The van der Waals surface area contributed by atoms with E-state index < -0.39 is 0 Å². The molecule has 0 atom stereocenters. The molecule has 3 rings (SSSR count). The third kappa shape index (κ3) is 1.31. The lowest BCUT2D eigenvalue weighted by atomic mass is 10.1. The van der Waals surface area contributed by atoms with Crippen LogP contribution in [0, 0.1) is 0 Å². The Morgan fingerprint density at radius 3 is 3.27 bits per heavy atom. The fraction of sp³-hybridized carbons (Fsp3) is 0.400. The molecule has 78 valence electrons. The minimum Gasteiger partial charge on any atom is -0.372 e. The summed E-state index contributed by atoms with van der Waals surface area (Å²) in [6.45, 7) is 2.02. The quantitative estimate of drug-likeness (QED) is 0.762. The highest BCUT2D eigenvalue weighted by molar-refractivity contribution is 7.18. The van der Waals surface area contributed by atoms with Gasteiger partial charge in [0.15, 0.2) is 0 Å². The lowest BCUT2D eigenvalue weighted by Crippen LogP contribution is -2.22. The van der Waals surface area contributed by atoms with E-state index in [9.17, 15) is 0 Å². The first-order chi connectivity index (χ1) is 7.40. The normalized spacial score (nSPS) is 15.3. The molecule has 2 aromatic rings. The van der Waals surface area contributed by atoms with Crippen molar-refractivity contribution in [2.24, 2.45) is 0 Å². The van der Waals surface area contributed by atoms with Crippen LogP contribution < -0.4 is 10.6 Å². The molecule has 0 saturated carbocycles. The number of hydrogen-bond donors (Lipinski definition) is 2. The predicted octanol–water partition coefficient (Wildman–Crippen LogP) is 1.38. The fourth-order valence-electron chi connectivity index (χ4n) is 2.05. The van der Waals surface area contributed by atoms with Crippen molar-refractivity contribution in [1.82, 2.24) is 15.3 Å². The lowest BCUT2D eigenvalue weighted by molar-refractivity contribution is 0.657. The van der Waals surface area contributed by atoms with E-state index in [1.807, 2.05) is 7.05 Å². The molecule has 0 aliphatic carbocycles. The number of hydrogen-bond acceptors (Lipinski definition) is 5. The van der Waals surface area contributed by atoms with Crippen molar-refractivity contribution in [2.45, 2.75) is 13.0 Å². The summed E-state index contributed by atoms with van der Waals surface area (Å²) in [5.41, 5.74) is 1.43. The van der Waals surface area contributed by atoms with Crippen LogP contribution in [0.4, 0.5) is 5.82 Å². The average molecular weight is 220 g/mol. The molecule has 0 bridgehead atoms. The van der Waals surface area contributed by atoms with Crippen LogP contribution in [0.1, 0.15) is 10.4 Å². The van der Waals surface area contributed by atoms with Gasteiger partial charge in [-0.15, -0.1) is 11.3 Å². The van der Waals surface area contributed by atoms with E-state index in [1.54, 1.807) is 17.7 Å². The first-order valence-electron chi connectivity index (χ1n) is 5.04. The minimum atomic E-state index is 0.958. The van der Waals surface area contributed by atoms with E-state index in [0.717, 1.165) is 30.2 Å². The highest BCUT2D eigenvalue weighted by Gasteiger charge is 2.18. The molecule has 0 spiro atoms. The summed E-state index contributed by atoms with van der Waals surface area (Å²) < 4.78 is 0. The van der Waals surface area contributed by atoms with Crippen LogP contribution in [-0.2, 0) is 13.0 Å². The minimum absolute atomic E-state index is 0.958. The van der Waals surface area contributed by atoms with Gasteiger partial charge >= 0.3 is 0 Å². The van der Waals surface area contributed by atoms with Crippen molar-refractivity contribution in [3.05, 3.63) is 16.8 Å². The van der Waals surface area contributed by atoms with Crippen molar-refractivity contribution in [3.63, 3.8) is 0 Å². The summed E-state index contributed by atoms with van der Waals surface area (Å²) in [6.07, 6.45) is 2.71. The molecular weight excluding hydrogens is 208 g/mol. The molecule has 0 fully saturated rings. The van der Waals surface area contributed by atoms with Gasteiger partial charge in [-0.05, 0) is 18.5 Å². The Hall–Kier alpha value is -1.20. The standard InChI is InChI=1S/C10H12N4S/c1-11-9-8-6-2-3-12-4-7(6)15-10(8)14-5-13-9/h5,12H,2-4H2,1H3,(H,11,13,14). The van der Waals surface area contributed by atoms with E-state index >= 15 is 0 Å². The number of thiophene rings is 1. The summed E-state index contributed by atoms with van der Waals surface area (Å²) in [6, 6.07) is 0. The largest absolute Gasteiger partial charge is 0.372 e. The lowest BCUT2D eigenvalue weighted by Gasteiger charge is -2.12. The Labute approximate surface area is 91.7 Å². The summed E-state index contributed by atoms with van der Waals surface area (Å²) in [7, 11) is 1.91. The van der Waals surface area contributed by atoms with Gasteiger partial charge in [0.25, 0.3) is 0 Å². The smallest absolute Gasteiger partial charge is 0.138 e. The van der Waals surface area contributed by atoms with Gasteiger partial charge in [0.1, 0.15) is 17.0 Å². The molecule has 0 amide bonds. The van der Waals surface area contributed by atoms with Gasteiger partial charge in [-0.2, -0.15) is 0 Å². The molecule has 15 heavy (non-hydrogen) atoms. The van der Waals surface area contributed by atoms with Crippen molar-refractivity contribution < 1.29 is 0 Å². The zero-order chi connectivity index (χ0) is 10.3. The van der Waals surface area contributed by atoms with Gasteiger partial charge in [0.2, 0.25) is 0 Å². The zero-order valence-electron chi connectivity index (χ0n) is 8.50. The molecule has 0 aromatic carbocycles. The van der Waals surface area contributed by atoms with Crippen LogP contribution in [0.25, 0.3) is 10.2 Å². The Morgan fingerprint density at radius 1 is 1.47 bits per heavy atom. The van der Waals surface area contributed by atoms with Crippen LogP contribution in [0.5, 0.6) is 0 Å². The summed E-state index contributed by atoms with van der Waals surface area (Å²) >= 11 is 1.78. The van der Waals surface area contributed by atoms with Crippen LogP contribution in [-0.4, -0.2) is 23.6 Å². The van der Waals surface area contributed by atoms with Crippen molar-refractivity contribution in [2.75, 3.05) is 18.9 Å². The molecule has 1 aliphatic rings. The molecule has 3 heterocycles. The van der Waals surface area contributed by atoms with Crippen molar-refractivity contribution in [1.29, 1.82) is 0 Å². The van der Waals surface area contributed by atoms with E-state index in [4.69, 9.17) is 0 Å². The molecular formula is C10H12N4S. The van der Waals surface area contributed by atoms with Crippen molar-refractivity contribution >= 4 is 27.4 Å². The van der Waals surface area contributed by atoms with Gasteiger partial charge in [-0.3, -0.25) is 0 Å². The van der Waals surface area contributed by atoms with E-state index in [-0.39, 0.29) is 0 Å². The maximum Gasteiger partial charge on any atom is 0.138 e. The Balaban J connectivity index is 2.33. The van der Waals surface area contributed by atoms with Crippen LogP contribution in [0.3, 0.4) is 0 Å². The molecule has 2 aromatic heterocycles. The maximum absolute atomic E-state index is 4.33. The second kappa shape index (κ2) is 3.43. The van der Waals surface area contributed by atoms with Crippen LogP contribution in [0.15, 0.2) is 6.33 Å². The number of nitrogens with one attached hydrogen (secondary N) is 2. The SMILES string of the molecule is CNc1ncnc2sc3c(c12)CCNC3. The molecule has 5 heteroatoms. The van der Waals surface area contributed by atoms with Gasteiger partial charge in [-0.25, -0.2) is 9.97 Å². The highest BCUT2D eigenvalue weighted by Crippen LogP contribution is 2.35. The van der Waals surface area contributed by atoms with Gasteiger partial charge in [0.05, 0.1) is 5.39 Å². The number of anilines is 1. The predicted molar refractivity (Wildman–Crippen MR) is 62.4 cm³/mol. The van der Waals surface area contributed by atoms with E-state index in [0.29, 0.717) is 0 Å². The number of aromatic nitrogens is 2. The van der Waals surface area contributed by atoms with Gasteiger partial charge < -0.3 is 10.6 Å². The molecule has 2 N–H and O–H groups in total. The Kier molecular flexibility index (Phi) is 2.07. The van der Waals surface area contributed by atoms with E-state index in [1.165, 1.54) is 15.8 Å². The van der Waals surface area contributed by atoms with Gasteiger partial charge in [-0.1, -0.05) is 0 Å². The van der Waals surface area contributed by atoms with Crippen LogP contribution in [0.2, 0.25) is 0 Å². The number of fused-ring (bicyclic) bond motifs is 3. The monoisotopic (exact) mass is 220 g/mol. The van der Waals surface area contributed by atoms with E-state index in [2.05, 4.69) is 20.6 Å². The third-order valence-corrected chi connectivity index (χ3v) is 3.88. The number of nitrogens with zero attached hydrogens (tertiary/aromatic N) is 2. The maximum atomic E-state index is 4.33. The molecule has 1 aliphatic heterocycles. The summed E-state index contributed by atoms with van der Waals surface area (Å²) in [4.78, 5) is 11.1. The first kappa shape index (κ1) is 9.06. The molecule has 0 saturated heterocycles. The summed E-state index contributed by atoms with van der Waals surface area (Å²) in [5.74, 6) is 0.958.